The molecule has 0 radical (unpaired) electrons. The Balaban J connectivity index is 0.000000295. The fraction of sp³-hybridized carbons (Fsp3) is 0.125. The molecule has 116 valence electrons. The zero-order valence-electron chi connectivity index (χ0n) is 12.0. The summed E-state index contributed by atoms with van der Waals surface area (Å²) >= 11 is 5.78. The summed E-state index contributed by atoms with van der Waals surface area (Å²) in [7, 11) is 0. The van der Waals surface area contributed by atoms with Crippen LogP contribution in [0.25, 0.3) is 0 Å². The first-order chi connectivity index (χ1) is 10.4. The molecule has 2 rings (SSSR count). The molecule has 0 amide bonds. The maximum Gasteiger partial charge on any atom is 0.310 e. The van der Waals surface area contributed by atoms with Crippen molar-refractivity contribution in [2.24, 2.45) is 0 Å². The van der Waals surface area contributed by atoms with Crippen molar-refractivity contribution in [3.63, 3.8) is 0 Å². The first-order valence-corrected chi connectivity index (χ1v) is 6.75. The van der Waals surface area contributed by atoms with Gasteiger partial charge in [-0.1, -0.05) is 29.8 Å². The summed E-state index contributed by atoms with van der Waals surface area (Å²) < 4.78 is 5.58. The Bertz CT molecular complexity index is 632. The number of nitrogens with two attached hydrogens (primary N) is 1. The minimum Gasteiger partial charge on any atom is -0.481 e. The summed E-state index contributed by atoms with van der Waals surface area (Å²) in [6.07, 6.45) is -0.361. The van der Waals surface area contributed by atoms with Gasteiger partial charge in [-0.25, -0.2) is 0 Å². The van der Waals surface area contributed by atoms with Crippen LogP contribution in [0.2, 0.25) is 5.02 Å². The van der Waals surface area contributed by atoms with Crippen molar-refractivity contribution < 1.29 is 19.4 Å². The third-order valence-corrected chi connectivity index (χ3v) is 2.58. The molecule has 0 bridgehead atoms. The summed E-state index contributed by atoms with van der Waals surface area (Å²) in [4.78, 5) is 19.5. The van der Waals surface area contributed by atoms with Gasteiger partial charge in [-0.05, 0) is 37.3 Å². The zero-order chi connectivity index (χ0) is 16.5. The highest BCUT2D eigenvalue weighted by molar-refractivity contribution is 6.30. The summed E-state index contributed by atoms with van der Waals surface area (Å²) in [6, 6.07) is 14.6. The van der Waals surface area contributed by atoms with E-state index in [9.17, 15) is 9.59 Å². The number of hydrogen-bond donors (Lipinski definition) is 2. The van der Waals surface area contributed by atoms with Gasteiger partial charge < -0.3 is 15.6 Å². The number of benzene rings is 2. The minimum atomic E-state index is -1.06. The number of carbonyl (C=O) groups is 2. The number of para-hydroxylation sites is 1. The van der Waals surface area contributed by atoms with Gasteiger partial charge >= 0.3 is 5.97 Å². The largest absolute Gasteiger partial charge is 0.481 e. The van der Waals surface area contributed by atoms with Crippen LogP contribution in [0, 0.1) is 0 Å². The quantitative estimate of drug-likeness (QED) is 0.661. The highest BCUT2D eigenvalue weighted by atomic mass is 35.5. The van der Waals surface area contributed by atoms with Gasteiger partial charge in [0.15, 0.2) is 0 Å². The van der Waals surface area contributed by atoms with Crippen molar-refractivity contribution in [1.29, 1.82) is 0 Å². The molecule has 0 unspecified atom stereocenters. The van der Waals surface area contributed by atoms with Crippen molar-refractivity contribution in [3.05, 3.63) is 53.6 Å². The van der Waals surface area contributed by atoms with Crippen LogP contribution in [0.1, 0.15) is 13.3 Å². The van der Waals surface area contributed by atoms with Gasteiger partial charge in [0, 0.05) is 5.02 Å². The molecule has 2 aromatic rings. The van der Waals surface area contributed by atoms with Crippen molar-refractivity contribution in [1.82, 2.24) is 0 Å². The molecule has 22 heavy (non-hydrogen) atoms. The summed E-state index contributed by atoms with van der Waals surface area (Å²) in [6.45, 7) is 1.24. The van der Waals surface area contributed by atoms with Crippen LogP contribution in [0.3, 0.4) is 0 Å². The van der Waals surface area contributed by atoms with E-state index in [0.717, 1.165) is 5.75 Å². The molecule has 0 aliphatic heterocycles. The van der Waals surface area contributed by atoms with Crippen LogP contribution in [0.15, 0.2) is 48.5 Å². The smallest absolute Gasteiger partial charge is 0.310 e. The van der Waals surface area contributed by atoms with Gasteiger partial charge in [0.1, 0.15) is 23.7 Å². The normalized spacial score (nSPS) is 9.36. The summed E-state index contributed by atoms with van der Waals surface area (Å²) in [5.74, 6) is -0.00266. The Hall–Kier alpha value is -2.53. The van der Waals surface area contributed by atoms with E-state index in [1.165, 1.54) is 6.92 Å². The van der Waals surface area contributed by atoms with Crippen molar-refractivity contribution in [3.8, 4) is 11.5 Å². The number of ether oxygens (including phenoxy) is 1. The number of hydrogen-bond acceptors (Lipinski definition) is 4. The third-order valence-electron chi connectivity index (χ3n) is 2.34. The topological polar surface area (TPSA) is 89.6 Å². The monoisotopic (exact) mass is 321 g/mol. The second-order valence-electron chi connectivity index (χ2n) is 4.37. The molecule has 5 nitrogen and oxygen atoms in total. The van der Waals surface area contributed by atoms with Gasteiger partial charge in [0.25, 0.3) is 0 Å². The first kappa shape index (κ1) is 17.5. The molecule has 0 aromatic heterocycles. The van der Waals surface area contributed by atoms with Gasteiger partial charge in [0.2, 0.25) is 0 Å². The molecule has 0 aliphatic carbocycles. The molecule has 3 N–H and O–H groups in total. The fourth-order valence-corrected chi connectivity index (χ4v) is 1.62. The number of carbonyl (C=O) groups excluding carboxylic acids is 1. The second-order valence-corrected chi connectivity index (χ2v) is 4.81. The predicted octanol–water partition coefficient (Wildman–Crippen LogP) is 3.76. The summed E-state index contributed by atoms with van der Waals surface area (Å²) in [5, 5.41) is 8.47. The molecule has 0 atom stereocenters. The summed E-state index contributed by atoms with van der Waals surface area (Å²) in [5.41, 5.74) is 6.29. The van der Waals surface area contributed by atoms with E-state index in [0.29, 0.717) is 16.5 Å². The van der Waals surface area contributed by atoms with Gasteiger partial charge in [-0.2, -0.15) is 0 Å². The molecule has 2 aromatic carbocycles. The standard InChI is InChI=1S/C12H10ClNO.C4H6O3/c13-9-6-7-12(11(14)8-9)15-10-4-2-1-3-5-10;1-3(5)2-4(6)7/h1-8H,14H2;2H2,1H3,(H,6,7). The van der Waals surface area contributed by atoms with E-state index < -0.39 is 5.97 Å². The zero-order valence-corrected chi connectivity index (χ0v) is 12.7. The van der Waals surface area contributed by atoms with E-state index in [2.05, 4.69) is 0 Å². The Morgan fingerprint density at radius 3 is 2.27 bits per heavy atom. The van der Waals surface area contributed by atoms with Crippen LogP contribution in [-0.4, -0.2) is 16.9 Å². The molecule has 0 fully saturated rings. The average molecular weight is 322 g/mol. The lowest BCUT2D eigenvalue weighted by Gasteiger charge is -2.07. The molecular weight excluding hydrogens is 306 g/mol. The Morgan fingerprint density at radius 2 is 1.82 bits per heavy atom. The minimum absolute atomic E-state index is 0.312. The molecule has 0 aliphatic rings. The van der Waals surface area contributed by atoms with E-state index in [1.807, 2.05) is 30.3 Å². The first-order valence-electron chi connectivity index (χ1n) is 6.37. The highest BCUT2D eigenvalue weighted by Crippen LogP contribution is 2.29. The number of ketones is 1. The lowest BCUT2D eigenvalue weighted by molar-refractivity contribution is -0.139. The second kappa shape index (κ2) is 8.69. The van der Waals surface area contributed by atoms with Crippen LogP contribution in [0.5, 0.6) is 11.5 Å². The average Bonchev–Trinajstić information content (AvgIpc) is 2.42. The third kappa shape index (κ3) is 6.76. The number of rotatable bonds is 4. The van der Waals surface area contributed by atoms with E-state index in [1.54, 1.807) is 18.2 Å². The van der Waals surface area contributed by atoms with Crippen LogP contribution in [-0.2, 0) is 9.59 Å². The van der Waals surface area contributed by atoms with Gasteiger partial charge in [-0.3, -0.25) is 9.59 Å². The van der Waals surface area contributed by atoms with Crippen molar-refractivity contribution >= 4 is 29.0 Å². The van der Waals surface area contributed by atoms with E-state index >= 15 is 0 Å². The maximum atomic E-state index is 9.87. The van der Waals surface area contributed by atoms with Gasteiger partial charge in [-0.15, -0.1) is 0 Å². The number of aliphatic carboxylic acids is 1. The SMILES string of the molecule is CC(=O)CC(=O)O.Nc1cc(Cl)ccc1Oc1ccccc1. The molecule has 0 heterocycles. The molecule has 6 heteroatoms. The van der Waals surface area contributed by atoms with E-state index in [4.69, 9.17) is 27.2 Å². The lowest BCUT2D eigenvalue weighted by Crippen LogP contribution is -2.00. The number of halogens is 1. The molecule has 0 saturated carbocycles. The Kier molecular flexibility index (Phi) is 6.92. The Morgan fingerprint density at radius 1 is 1.18 bits per heavy atom. The number of Topliss-reactive ketones (excluding diaryl/α,β-unsaturated/α-hetero) is 1. The van der Waals surface area contributed by atoms with Gasteiger partial charge in [0.05, 0.1) is 5.69 Å². The van der Waals surface area contributed by atoms with E-state index in [-0.39, 0.29) is 12.2 Å². The van der Waals surface area contributed by atoms with Crippen LogP contribution < -0.4 is 10.5 Å². The molecule has 0 spiro atoms. The Labute approximate surface area is 133 Å². The highest BCUT2D eigenvalue weighted by Gasteiger charge is 2.02. The van der Waals surface area contributed by atoms with Crippen LogP contribution in [0.4, 0.5) is 5.69 Å². The van der Waals surface area contributed by atoms with Crippen LogP contribution >= 0.6 is 11.6 Å². The maximum absolute atomic E-state index is 9.87. The number of anilines is 1. The molecular formula is C16H16ClNO4. The lowest BCUT2D eigenvalue weighted by atomic mass is 10.3. The number of carboxylic acid groups (broad SMARTS) is 1. The molecule has 0 saturated heterocycles. The number of carboxylic acids is 1. The van der Waals surface area contributed by atoms with Crippen molar-refractivity contribution in [2.75, 3.05) is 5.73 Å². The number of nitrogen functional groups attached to an aromatic ring is 1. The van der Waals surface area contributed by atoms with Crippen molar-refractivity contribution in [2.45, 2.75) is 13.3 Å². The predicted molar refractivity (Wildman–Crippen MR) is 85.3 cm³/mol. The fourth-order valence-electron chi connectivity index (χ4n) is 1.44.